The molecule has 2 saturated heterocycles. The van der Waals surface area contributed by atoms with Gasteiger partial charge < -0.3 is 15.4 Å². The maximum Gasteiger partial charge on any atom is 0.240 e. The van der Waals surface area contributed by atoms with Crippen molar-refractivity contribution in [3.05, 3.63) is 18.1 Å². The van der Waals surface area contributed by atoms with E-state index < -0.39 is 0 Å². The van der Waals surface area contributed by atoms with Crippen molar-refractivity contribution >= 4 is 11.7 Å². The molecule has 2 fully saturated rings. The van der Waals surface area contributed by atoms with Crippen molar-refractivity contribution < 1.29 is 9.53 Å². The Labute approximate surface area is 130 Å². The Balaban J connectivity index is 1.69. The molecule has 0 bridgehead atoms. The summed E-state index contributed by atoms with van der Waals surface area (Å²) in [4.78, 5) is 25.4. The summed E-state index contributed by atoms with van der Waals surface area (Å²) >= 11 is 0. The summed E-state index contributed by atoms with van der Waals surface area (Å²) in [6, 6.07) is 1.60. The van der Waals surface area contributed by atoms with Gasteiger partial charge in [0.2, 0.25) is 5.91 Å². The Morgan fingerprint density at radius 3 is 2.91 bits per heavy atom. The third-order valence-corrected chi connectivity index (χ3v) is 4.29. The molecule has 1 amide bonds. The van der Waals surface area contributed by atoms with Crippen molar-refractivity contribution in [1.82, 2.24) is 19.8 Å². The first kappa shape index (κ1) is 15.2. The molecule has 0 unspecified atom stereocenters. The van der Waals surface area contributed by atoms with Crippen LogP contribution in [0.25, 0.3) is 0 Å². The van der Waals surface area contributed by atoms with Crippen molar-refractivity contribution in [2.75, 3.05) is 38.6 Å². The summed E-state index contributed by atoms with van der Waals surface area (Å²) in [6.07, 6.45) is 4.77. The number of carbonyl (C=O) groups excluding carboxylic acids is 1. The monoisotopic (exact) mass is 305 g/mol. The number of hydrogen-bond donors (Lipinski definition) is 1. The van der Waals surface area contributed by atoms with Gasteiger partial charge in [-0.3, -0.25) is 9.69 Å². The highest BCUT2D eigenvalue weighted by atomic mass is 16.5. The molecule has 0 aromatic carbocycles. The number of carbonyl (C=O) groups is 1. The lowest BCUT2D eigenvalue weighted by Gasteiger charge is -2.38. The first-order chi connectivity index (χ1) is 10.7. The molecule has 2 aliphatic rings. The topological polar surface area (TPSA) is 84.6 Å². The summed E-state index contributed by atoms with van der Waals surface area (Å²) in [5.74, 6) is 1.37. The largest absolute Gasteiger partial charge is 0.384 e. The Morgan fingerprint density at radius 2 is 2.14 bits per heavy atom. The standard InChI is InChI=1S/C15H23N5O2/c16-13-4-5-17-14(18-13)11-20-6-2-1-3-12(20)15(21)19-7-9-22-10-8-19/h4-5,12H,1-3,6-11H2,(H2,16,17,18)/t12-/m1/s1. The third kappa shape index (κ3) is 3.53. The van der Waals surface area contributed by atoms with Crippen LogP contribution in [-0.4, -0.2) is 64.6 Å². The normalized spacial score (nSPS) is 23.5. The number of nitrogen functional groups attached to an aromatic ring is 1. The number of aromatic nitrogens is 2. The first-order valence-electron chi connectivity index (χ1n) is 7.92. The number of nitrogens with two attached hydrogens (primary N) is 1. The maximum atomic E-state index is 12.8. The van der Waals surface area contributed by atoms with E-state index >= 15 is 0 Å². The molecule has 22 heavy (non-hydrogen) atoms. The summed E-state index contributed by atoms with van der Waals surface area (Å²) in [5, 5.41) is 0. The molecule has 1 aromatic rings. The third-order valence-electron chi connectivity index (χ3n) is 4.29. The van der Waals surface area contributed by atoms with Crippen LogP contribution >= 0.6 is 0 Å². The van der Waals surface area contributed by atoms with E-state index in [4.69, 9.17) is 10.5 Å². The molecule has 3 rings (SSSR count). The Hall–Kier alpha value is -1.73. The maximum absolute atomic E-state index is 12.8. The van der Waals surface area contributed by atoms with Crippen LogP contribution in [0, 0.1) is 0 Å². The zero-order valence-corrected chi connectivity index (χ0v) is 12.8. The van der Waals surface area contributed by atoms with Crippen LogP contribution in [0.4, 0.5) is 5.82 Å². The smallest absolute Gasteiger partial charge is 0.240 e. The van der Waals surface area contributed by atoms with Crippen molar-refractivity contribution in [2.45, 2.75) is 31.8 Å². The highest BCUT2D eigenvalue weighted by Gasteiger charge is 2.32. The van der Waals surface area contributed by atoms with Gasteiger partial charge in [-0.2, -0.15) is 0 Å². The van der Waals surface area contributed by atoms with Crippen LogP contribution in [0.2, 0.25) is 0 Å². The average Bonchev–Trinajstić information content (AvgIpc) is 2.56. The van der Waals surface area contributed by atoms with E-state index in [9.17, 15) is 4.79 Å². The van der Waals surface area contributed by atoms with Crippen molar-refractivity contribution in [2.24, 2.45) is 0 Å². The second-order valence-corrected chi connectivity index (χ2v) is 5.82. The van der Waals surface area contributed by atoms with Gasteiger partial charge >= 0.3 is 0 Å². The first-order valence-corrected chi connectivity index (χ1v) is 7.92. The Bertz CT molecular complexity index is 518. The summed E-state index contributed by atoms with van der Waals surface area (Å²) in [7, 11) is 0. The molecular formula is C15H23N5O2. The summed E-state index contributed by atoms with van der Waals surface area (Å²) in [6.45, 7) is 4.13. The van der Waals surface area contributed by atoms with E-state index in [1.165, 1.54) is 0 Å². The predicted octanol–water partition coefficient (Wildman–Crippen LogP) is 0.272. The predicted molar refractivity (Wildman–Crippen MR) is 81.9 cm³/mol. The molecule has 0 saturated carbocycles. The summed E-state index contributed by atoms with van der Waals surface area (Å²) < 4.78 is 5.33. The van der Waals surface area contributed by atoms with Gasteiger partial charge in [0.25, 0.3) is 0 Å². The molecule has 3 heterocycles. The van der Waals surface area contributed by atoms with Crippen molar-refractivity contribution in [3.8, 4) is 0 Å². The number of rotatable bonds is 3. The number of piperidine rings is 1. The summed E-state index contributed by atoms with van der Waals surface area (Å²) in [5.41, 5.74) is 5.72. The van der Waals surface area contributed by atoms with Gasteiger partial charge in [0.05, 0.1) is 25.8 Å². The minimum Gasteiger partial charge on any atom is -0.384 e. The fraction of sp³-hybridized carbons (Fsp3) is 0.667. The molecule has 0 aliphatic carbocycles. The molecular weight excluding hydrogens is 282 g/mol. The number of morpholine rings is 1. The molecule has 7 heteroatoms. The second-order valence-electron chi connectivity index (χ2n) is 5.82. The van der Waals surface area contributed by atoms with E-state index in [1.54, 1.807) is 12.3 Å². The van der Waals surface area contributed by atoms with Crippen molar-refractivity contribution in [3.63, 3.8) is 0 Å². The fourth-order valence-electron chi connectivity index (χ4n) is 3.13. The molecule has 2 N–H and O–H groups in total. The van der Waals surface area contributed by atoms with Gasteiger partial charge in [-0.05, 0) is 25.5 Å². The highest BCUT2D eigenvalue weighted by Crippen LogP contribution is 2.21. The van der Waals surface area contributed by atoms with Crippen LogP contribution in [0.3, 0.4) is 0 Å². The number of nitrogens with zero attached hydrogens (tertiary/aromatic N) is 4. The minimum absolute atomic E-state index is 0.0723. The molecule has 0 spiro atoms. The van der Waals surface area contributed by atoms with Crippen LogP contribution in [0.5, 0.6) is 0 Å². The van der Waals surface area contributed by atoms with Gasteiger partial charge in [-0.15, -0.1) is 0 Å². The second kappa shape index (κ2) is 7.02. The number of amides is 1. The number of ether oxygens (including phenoxy) is 1. The van der Waals surface area contributed by atoms with E-state index in [0.717, 1.165) is 25.8 Å². The Morgan fingerprint density at radius 1 is 1.32 bits per heavy atom. The van der Waals surface area contributed by atoms with Gasteiger partial charge in [0.1, 0.15) is 11.6 Å². The van der Waals surface area contributed by atoms with Crippen LogP contribution < -0.4 is 5.73 Å². The van der Waals surface area contributed by atoms with Crippen LogP contribution in [-0.2, 0) is 16.1 Å². The van der Waals surface area contributed by atoms with E-state index in [2.05, 4.69) is 14.9 Å². The number of likely N-dealkylation sites (tertiary alicyclic amines) is 1. The van der Waals surface area contributed by atoms with Crippen molar-refractivity contribution in [1.29, 1.82) is 0 Å². The highest BCUT2D eigenvalue weighted by molar-refractivity contribution is 5.82. The lowest BCUT2D eigenvalue weighted by atomic mass is 10.0. The molecule has 1 aromatic heterocycles. The van der Waals surface area contributed by atoms with Gasteiger partial charge in [-0.1, -0.05) is 6.42 Å². The lowest BCUT2D eigenvalue weighted by molar-refractivity contribution is -0.142. The van der Waals surface area contributed by atoms with E-state index in [0.29, 0.717) is 44.5 Å². The Kier molecular flexibility index (Phi) is 4.84. The zero-order valence-electron chi connectivity index (χ0n) is 12.8. The van der Waals surface area contributed by atoms with E-state index in [1.807, 2.05) is 4.90 Å². The van der Waals surface area contributed by atoms with Gasteiger partial charge in [0.15, 0.2) is 0 Å². The molecule has 7 nitrogen and oxygen atoms in total. The van der Waals surface area contributed by atoms with Gasteiger partial charge in [0, 0.05) is 19.3 Å². The molecule has 1 atom stereocenters. The van der Waals surface area contributed by atoms with Gasteiger partial charge in [-0.25, -0.2) is 9.97 Å². The number of hydrogen-bond acceptors (Lipinski definition) is 6. The lowest BCUT2D eigenvalue weighted by Crippen LogP contribution is -2.53. The van der Waals surface area contributed by atoms with E-state index in [-0.39, 0.29) is 11.9 Å². The molecule has 0 radical (unpaired) electrons. The van der Waals surface area contributed by atoms with Crippen LogP contribution in [0.15, 0.2) is 12.3 Å². The zero-order chi connectivity index (χ0) is 15.4. The number of anilines is 1. The molecule has 2 aliphatic heterocycles. The minimum atomic E-state index is -0.0723. The molecule has 120 valence electrons. The van der Waals surface area contributed by atoms with Crippen LogP contribution in [0.1, 0.15) is 25.1 Å². The SMILES string of the molecule is Nc1ccnc(CN2CCCC[C@@H]2C(=O)N2CCOCC2)n1. The quantitative estimate of drug-likeness (QED) is 0.863. The fourth-order valence-corrected chi connectivity index (χ4v) is 3.13. The average molecular weight is 305 g/mol.